The van der Waals surface area contributed by atoms with Gasteiger partial charge in [-0.2, -0.15) is 0 Å². The largest absolute Gasteiger partial charge is 0.301 e. The average molecular weight is 215 g/mol. The summed E-state index contributed by atoms with van der Waals surface area (Å²) in [6, 6.07) is 0. The quantitative estimate of drug-likeness (QED) is 0.601. The van der Waals surface area contributed by atoms with Gasteiger partial charge in [0.25, 0.3) is 0 Å². The second kappa shape index (κ2) is 3.49. The molecule has 1 aromatic rings. The molecule has 0 fully saturated rings. The summed E-state index contributed by atoms with van der Waals surface area (Å²) < 4.78 is 0. The highest BCUT2D eigenvalue weighted by molar-refractivity contribution is 7.13. The highest BCUT2D eigenvalue weighted by Gasteiger charge is 2.20. The summed E-state index contributed by atoms with van der Waals surface area (Å²) in [7, 11) is 2.19. The van der Waals surface area contributed by atoms with E-state index >= 15 is 0 Å². The van der Waals surface area contributed by atoms with Gasteiger partial charge in [0, 0.05) is 28.4 Å². The molecule has 0 bridgehead atoms. The van der Waals surface area contributed by atoms with Crippen molar-refractivity contribution in [3.8, 4) is 0 Å². The topological polar surface area (TPSA) is 3.24 Å². The van der Waals surface area contributed by atoms with Crippen molar-refractivity contribution in [2.45, 2.75) is 13.0 Å². The second-order valence-corrected chi connectivity index (χ2v) is 5.24. The van der Waals surface area contributed by atoms with Crippen LogP contribution in [-0.4, -0.2) is 18.5 Å². The maximum atomic E-state index is 3.21. The lowest BCUT2D eigenvalue weighted by molar-refractivity contribution is 0.317. The molecule has 0 amide bonds. The van der Waals surface area contributed by atoms with E-state index in [0.29, 0.717) is 0 Å². The minimum atomic E-state index is 1.11. The molecule has 0 spiro atoms. The van der Waals surface area contributed by atoms with Crippen LogP contribution in [0.4, 0.5) is 0 Å². The number of hydrogen-bond donors (Lipinski definition) is 0. The smallest absolute Gasteiger partial charge is 0.0355 e. The zero-order valence-electron chi connectivity index (χ0n) is 8.79. The molecular weight excluding hydrogens is 202 g/mol. The van der Waals surface area contributed by atoms with Crippen molar-refractivity contribution in [1.82, 2.24) is 4.90 Å². The molecule has 1 aliphatic carbocycles. The van der Waals surface area contributed by atoms with Crippen LogP contribution in [-0.2, 0) is 13.0 Å². The maximum Gasteiger partial charge on any atom is 0.0355 e. The Bertz CT molecular complexity index is 487. The van der Waals surface area contributed by atoms with E-state index in [-0.39, 0.29) is 0 Å². The molecule has 0 saturated heterocycles. The maximum absolute atomic E-state index is 3.21. The fourth-order valence-electron chi connectivity index (χ4n) is 2.18. The molecule has 76 valence electrons. The van der Waals surface area contributed by atoms with E-state index in [0.717, 1.165) is 6.54 Å². The van der Waals surface area contributed by atoms with Crippen LogP contribution in [0.25, 0.3) is 12.2 Å². The molecule has 15 heavy (non-hydrogen) atoms. The van der Waals surface area contributed by atoms with Crippen molar-refractivity contribution in [3.05, 3.63) is 38.8 Å². The molecule has 2 aliphatic rings. The highest BCUT2D eigenvalue weighted by atomic mass is 32.1. The van der Waals surface area contributed by atoms with E-state index < -0.39 is 0 Å². The summed E-state index contributed by atoms with van der Waals surface area (Å²) in [6.07, 6.45) is 9.58. The molecule has 2 heterocycles. The summed E-state index contributed by atoms with van der Waals surface area (Å²) in [5, 5.41) is 0. The summed E-state index contributed by atoms with van der Waals surface area (Å²) in [6.45, 7) is 2.29. The first-order chi connectivity index (χ1) is 7.34. The molecule has 0 atom stereocenters. The van der Waals surface area contributed by atoms with E-state index in [1.165, 1.54) is 23.4 Å². The molecular formula is C13H13NS. The van der Waals surface area contributed by atoms with Gasteiger partial charge in [0.1, 0.15) is 0 Å². The number of hydrogen-bond acceptors (Lipinski definition) is 2. The van der Waals surface area contributed by atoms with Crippen molar-refractivity contribution >= 4 is 23.5 Å². The molecule has 1 aliphatic heterocycles. The van der Waals surface area contributed by atoms with Crippen LogP contribution in [0.15, 0.2) is 17.9 Å². The number of fused-ring (bicyclic) bond motifs is 3. The Kier molecular flexibility index (Phi) is 2.14. The zero-order valence-corrected chi connectivity index (χ0v) is 9.60. The minimum Gasteiger partial charge on any atom is -0.301 e. The first-order valence-corrected chi connectivity index (χ1v) is 6.08. The van der Waals surface area contributed by atoms with E-state index in [4.69, 9.17) is 0 Å². The minimum absolute atomic E-state index is 1.11. The Balaban J connectivity index is 2.16. The van der Waals surface area contributed by atoms with Gasteiger partial charge in [0.05, 0.1) is 0 Å². The Morgan fingerprint density at radius 2 is 2.40 bits per heavy atom. The Labute approximate surface area is 94.0 Å². The number of allylic oxidation sites excluding steroid dienone is 2. The van der Waals surface area contributed by atoms with Crippen LogP contribution in [0.3, 0.4) is 0 Å². The van der Waals surface area contributed by atoms with Crippen molar-refractivity contribution < 1.29 is 0 Å². The van der Waals surface area contributed by atoms with Crippen LogP contribution in [0, 0.1) is 0 Å². The van der Waals surface area contributed by atoms with Gasteiger partial charge in [-0.3, -0.25) is 0 Å². The van der Waals surface area contributed by atoms with Gasteiger partial charge in [-0.05, 0) is 37.3 Å². The molecule has 2 heteroatoms. The molecule has 0 saturated carbocycles. The van der Waals surface area contributed by atoms with Crippen LogP contribution in [0.2, 0.25) is 0 Å². The first kappa shape index (κ1) is 9.17. The lowest BCUT2D eigenvalue weighted by atomic mass is 10.0. The van der Waals surface area contributed by atoms with Crippen LogP contribution in [0.1, 0.15) is 20.9 Å². The van der Waals surface area contributed by atoms with Crippen molar-refractivity contribution in [1.29, 1.82) is 0 Å². The summed E-state index contributed by atoms with van der Waals surface area (Å²) in [5.41, 5.74) is 6.17. The highest BCUT2D eigenvalue weighted by Crippen LogP contribution is 2.35. The summed E-state index contributed by atoms with van der Waals surface area (Å²) in [4.78, 5) is 5.33. The molecule has 0 unspecified atom stereocenters. The van der Waals surface area contributed by atoms with Gasteiger partial charge in [0.15, 0.2) is 0 Å². The van der Waals surface area contributed by atoms with E-state index in [1.54, 1.807) is 10.4 Å². The van der Waals surface area contributed by atoms with E-state index in [1.807, 2.05) is 17.4 Å². The third-order valence-corrected chi connectivity index (χ3v) is 4.18. The average Bonchev–Trinajstić information content (AvgIpc) is 2.42. The first-order valence-electron chi connectivity index (χ1n) is 5.27. The molecule has 0 N–H and O–H groups in total. The monoisotopic (exact) mass is 215 g/mol. The van der Waals surface area contributed by atoms with E-state index in [2.05, 4.69) is 35.9 Å². The van der Waals surface area contributed by atoms with Gasteiger partial charge in [-0.1, -0.05) is 6.08 Å². The van der Waals surface area contributed by atoms with Gasteiger partial charge in [0.2, 0.25) is 0 Å². The van der Waals surface area contributed by atoms with Gasteiger partial charge < -0.3 is 4.90 Å². The standard InChI is InChI=1S/C13H13NS/c1-14-8-7-11-10-5-3-2-4-6-12(10)15-13(11)9-14/h2,4-6H,7-9H2,1H3. The van der Waals surface area contributed by atoms with Crippen molar-refractivity contribution in [2.24, 2.45) is 0 Å². The zero-order chi connectivity index (χ0) is 10.3. The molecule has 0 aromatic carbocycles. The van der Waals surface area contributed by atoms with Crippen molar-refractivity contribution in [3.63, 3.8) is 0 Å². The van der Waals surface area contributed by atoms with Crippen LogP contribution >= 0.6 is 11.3 Å². The number of nitrogens with zero attached hydrogens (tertiary/aromatic N) is 1. The lowest BCUT2D eigenvalue weighted by Crippen LogP contribution is -2.25. The summed E-state index contributed by atoms with van der Waals surface area (Å²) >= 11 is 1.94. The third kappa shape index (κ3) is 1.51. The van der Waals surface area contributed by atoms with Crippen LogP contribution in [0.5, 0.6) is 0 Å². The lowest BCUT2D eigenvalue weighted by Gasteiger charge is -2.22. The normalized spacial score (nSPS) is 18.7. The third-order valence-electron chi connectivity index (χ3n) is 2.99. The Morgan fingerprint density at radius 3 is 3.33 bits per heavy atom. The van der Waals surface area contributed by atoms with Gasteiger partial charge in [-0.25, -0.2) is 0 Å². The Morgan fingerprint density at radius 1 is 1.47 bits per heavy atom. The molecule has 1 aromatic heterocycles. The van der Waals surface area contributed by atoms with Gasteiger partial charge >= 0.3 is 0 Å². The predicted molar refractivity (Wildman–Crippen MR) is 65.9 cm³/mol. The second-order valence-electron chi connectivity index (χ2n) is 4.11. The number of likely N-dealkylation sites (N-methyl/N-ethyl adjacent to an activating group) is 1. The molecule has 1 nitrogen and oxygen atoms in total. The van der Waals surface area contributed by atoms with Gasteiger partial charge in [-0.15, -0.1) is 17.1 Å². The molecule has 0 radical (unpaired) electrons. The molecule has 3 rings (SSSR count). The predicted octanol–water partition coefficient (Wildman–Crippen LogP) is 2.93. The SMILES string of the molecule is CN1CCc2c(sc3c2C=C=CC=C3)C1. The summed E-state index contributed by atoms with van der Waals surface area (Å²) in [5.74, 6) is 0. The fourth-order valence-corrected chi connectivity index (χ4v) is 3.51. The van der Waals surface area contributed by atoms with E-state index in [9.17, 15) is 0 Å². The fraction of sp³-hybridized carbons (Fsp3) is 0.308. The van der Waals surface area contributed by atoms with Crippen molar-refractivity contribution in [2.75, 3.05) is 13.6 Å². The number of thiophene rings is 1. The van der Waals surface area contributed by atoms with Crippen LogP contribution < -0.4 is 0 Å². The Hall–Kier alpha value is -1.08. The number of rotatable bonds is 0.